The summed E-state index contributed by atoms with van der Waals surface area (Å²) in [5.74, 6) is 1.49. The molecule has 0 saturated carbocycles. The monoisotopic (exact) mass is 378 g/mol. The van der Waals surface area contributed by atoms with Gasteiger partial charge in [-0.2, -0.15) is 0 Å². The smallest absolute Gasteiger partial charge is 0.272 e. The molecule has 3 rings (SSSR count). The molecule has 0 aliphatic rings. The fourth-order valence-electron chi connectivity index (χ4n) is 2.56. The first-order valence-electron chi connectivity index (χ1n) is 8.75. The van der Waals surface area contributed by atoms with Gasteiger partial charge in [0.25, 0.3) is 5.91 Å². The second-order valence-electron chi connectivity index (χ2n) is 6.17. The summed E-state index contributed by atoms with van der Waals surface area (Å²) in [5, 5.41) is 14.0. The van der Waals surface area contributed by atoms with Gasteiger partial charge in [0.05, 0.1) is 14.2 Å². The molecule has 1 aromatic heterocycles. The van der Waals surface area contributed by atoms with E-state index < -0.39 is 0 Å². The number of amides is 1. The number of carbonyl (C=O) groups is 1. The number of rotatable bonds is 7. The minimum absolute atomic E-state index is 0.255. The largest absolute Gasteiger partial charge is 0.493 e. The van der Waals surface area contributed by atoms with Gasteiger partial charge in [-0.05, 0) is 36.8 Å². The van der Waals surface area contributed by atoms with Crippen LogP contribution >= 0.6 is 0 Å². The summed E-state index contributed by atoms with van der Waals surface area (Å²) in [6.45, 7) is 2.46. The highest BCUT2D eigenvalue weighted by Gasteiger charge is 2.09. The number of methoxy groups -OCH3 is 2. The molecule has 0 spiro atoms. The van der Waals surface area contributed by atoms with Gasteiger partial charge in [0.2, 0.25) is 0 Å². The number of ether oxygens (including phenoxy) is 2. The molecular weight excluding hydrogens is 356 g/mol. The average Bonchev–Trinajstić information content (AvgIpc) is 2.73. The molecule has 2 N–H and O–H groups in total. The van der Waals surface area contributed by atoms with Gasteiger partial charge in [-0.15, -0.1) is 10.2 Å². The Morgan fingerprint density at radius 1 is 0.929 bits per heavy atom. The predicted octanol–water partition coefficient (Wildman–Crippen LogP) is 3.48. The molecule has 1 heterocycles. The van der Waals surface area contributed by atoms with E-state index in [2.05, 4.69) is 20.8 Å². The quantitative estimate of drug-likeness (QED) is 0.655. The molecule has 7 heteroatoms. The standard InChI is InChI=1S/C21H22N4O3/c1-14-4-6-15(7-5-14)13-22-21(26)17-9-11-20(25-24-17)23-16-8-10-18(27-2)19(12-16)28-3/h4-12H,13H2,1-3H3,(H,22,26)(H,23,25). The van der Waals surface area contributed by atoms with Gasteiger partial charge >= 0.3 is 0 Å². The maximum Gasteiger partial charge on any atom is 0.272 e. The molecule has 0 fully saturated rings. The number of hydrogen-bond acceptors (Lipinski definition) is 6. The van der Waals surface area contributed by atoms with Crippen molar-refractivity contribution < 1.29 is 14.3 Å². The minimum atomic E-state index is -0.272. The zero-order valence-electron chi connectivity index (χ0n) is 16.0. The predicted molar refractivity (Wildman–Crippen MR) is 107 cm³/mol. The molecule has 144 valence electrons. The molecule has 0 radical (unpaired) electrons. The minimum Gasteiger partial charge on any atom is -0.493 e. The lowest BCUT2D eigenvalue weighted by Crippen LogP contribution is -2.24. The summed E-state index contributed by atoms with van der Waals surface area (Å²) in [4.78, 5) is 12.2. The topological polar surface area (TPSA) is 85.4 Å². The average molecular weight is 378 g/mol. The van der Waals surface area contributed by atoms with E-state index in [4.69, 9.17) is 9.47 Å². The fraction of sp³-hybridized carbons (Fsp3) is 0.190. The molecule has 28 heavy (non-hydrogen) atoms. The Bertz CT molecular complexity index is 941. The van der Waals surface area contributed by atoms with E-state index in [0.29, 0.717) is 23.9 Å². The van der Waals surface area contributed by atoms with Gasteiger partial charge in [0.15, 0.2) is 23.0 Å². The number of hydrogen-bond donors (Lipinski definition) is 2. The van der Waals surface area contributed by atoms with E-state index in [9.17, 15) is 4.79 Å². The molecule has 0 saturated heterocycles. The van der Waals surface area contributed by atoms with Gasteiger partial charge in [-0.3, -0.25) is 4.79 Å². The third-order valence-electron chi connectivity index (χ3n) is 4.13. The van der Waals surface area contributed by atoms with E-state index in [1.807, 2.05) is 37.3 Å². The molecule has 0 aliphatic heterocycles. The Kier molecular flexibility index (Phi) is 6.06. The number of aryl methyl sites for hydroxylation is 1. The van der Waals surface area contributed by atoms with Crippen molar-refractivity contribution in [1.29, 1.82) is 0 Å². The van der Waals surface area contributed by atoms with Gasteiger partial charge < -0.3 is 20.1 Å². The molecule has 7 nitrogen and oxygen atoms in total. The zero-order valence-corrected chi connectivity index (χ0v) is 16.0. The lowest BCUT2D eigenvalue weighted by Gasteiger charge is -2.11. The third kappa shape index (κ3) is 4.76. The Balaban J connectivity index is 1.61. The maximum atomic E-state index is 12.2. The Morgan fingerprint density at radius 2 is 1.68 bits per heavy atom. The highest BCUT2D eigenvalue weighted by Crippen LogP contribution is 2.30. The third-order valence-corrected chi connectivity index (χ3v) is 4.13. The van der Waals surface area contributed by atoms with Crippen LogP contribution in [0.5, 0.6) is 11.5 Å². The number of carbonyl (C=O) groups excluding carboxylic acids is 1. The maximum absolute atomic E-state index is 12.2. The van der Waals surface area contributed by atoms with Crippen LogP contribution in [0.1, 0.15) is 21.6 Å². The molecule has 0 aliphatic carbocycles. The molecule has 2 aromatic carbocycles. The highest BCUT2D eigenvalue weighted by molar-refractivity contribution is 5.92. The van der Waals surface area contributed by atoms with E-state index >= 15 is 0 Å². The Hall–Kier alpha value is -3.61. The van der Waals surface area contributed by atoms with Gasteiger partial charge in [0, 0.05) is 18.3 Å². The first kappa shape index (κ1) is 19.2. The molecular formula is C21H22N4O3. The lowest BCUT2D eigenvalue weighted by molar-refractivity contribution is 0.0945. The van der Waals surface area contributed by atoms with Crippen LogP contribution in [0.4, 0.5) is 11.5 Å². The van der Waals surface area contributed by atoms with Crippen molar-refractivity contribution in [2.24, 2.45) is 0 Å². The Morgan fingerprint density at radius 3 is 2.32 bits per heavy atom. The number of nitrogens with one attached hydrogen (secondary N) is 2. The molecule has 0 bridgehead atoms. The number of nitrogens with zero attached hydrogens (tertiary/aromatic N) is 2. The van der Waals surface area contributed by atoms with Gasteiger partial charge in [0.1, 0.15) is 0 Å². The normalized spacial score (nSPS) is 10.2. The van der Waals surface area contributed by atoms with Crippen molar-refractivity contribution in [3.63, 3.8) is 0 Å². The lowest BCUT2D eigenvalue weighted by atomic mass is 10.1. The first-order valence-corrected chi connectivity index (χ1v) is 8.75. The summed E-state index contributed by atoms with van der Waals surface area (Å²) in [7, 11) is 3.16. The van der Waals surface area contributed by atoms with Crippen LogP contribution in [0.2, 0.25) is 0 Å². The van der Waals surface area contributed by atoms with Crippen LogP contribution in [0.15, 0.2) is 54.6 Å². The van der Waals surface area contributed by atoms with Crippen LogP contribution in [0, 0.1) is 6.92 Å². The molecule has 0 atom stereocenters. The summed E-state index contributed by atoms with van der Waals surface area (Å²) < 4.78 is 10.5. The van der Waals surface area contributed by atoms with E-state index in [-0.39, 0.29) is 11.6 Å². The second kappa shape index (κ2) is 8.85. The summed E-state index contributed by atoms with van der Waals surface area (Å²) in [6, 6.07) is 16.7. The van der Waals surface area contributed by atoms with E-state index in [1.165, 1.54) is 5.56 Å². The van der Waals surface area contributed by atoms with E-state index in [1.54, 1.807) is 38.5 Å². The fourth-order valence-corrected chi connectivity index (χ4v) is 2.56. The number of aromatic nitrogens is 2. The van der Waals surface area contributed by atoms with Crippen LogP contribution in [0.25, 0.3) is 0 Å². The van der Waals surface area contributed by atoms with Crippen molar-refractivity contribution in [2.75, 3.05) is 19.5 Å². The van der Waals surface area contributed by atoms with Crippen LogP contribution in [-0.2, 0) is 6.54 Å². The summed E-state index contributed by atoms with van der Waals surface area (Å²) >= 11 is 0. The van der Waals surface area contributed by atoms with Crippen molar-refractivity contribution in [2.45, 2.75) is 13.5 Å². The first-order chi connectivity index (χ1) is 13.6. The second-order valence-corrected chi connectivity index (χ2v) is 6.17. The van der Waals surface area contributed by atoms with Crippen molar-refractivity contribution in [1.82, 2.24) is 15.5 Å². The zero-order chi connectivity index (χ0) is 19.9. The van der Waals surface area contributed by atoms with Crippen molar-refractivity contribution >= 4 is 17.4 Å². The van der Waals surface area contributed by atoms with Crippen molar-refractivity contribution in [3.05, 3.63) is 71.4 Å². The van der Waals surface area contributed by atoms with Crippen LogP contribution in [0.3, 0.4) is 0 Å². The molecule has 3 aromatic rings. The SMILES string of the molecule is COc1ccc(Nc2ccc(C(=O)NCc3ccc(C)cc3)nn2)cc1OC. The van der Waals surface area contributed by atoms with Crippen molar-refractivity contribution in [3.8, 4) is 11.5 Å². The highest BCUT2D eigenvalue weighted by atomic mass is 16.5. The van der Waals surface area contributed by atoms with Gasteiger partial charge in [-0.1, -0.05) is 29.8 Å². The van der Waals surface area contributed by atoms with Crippen LogP contribution in [-0.4, -0.2) is 30.3 Å². The Labute approximate surface area is 163 Å². The summed E-state index contributed by atoms with van der Waals surface area (Å²) in [5.41, 5.74) is 3.23. The summed E-state index contributed by atoms with van der Waals surface area (Å²) in [6.07, 6.45) is 0. The van der Waals surface area contributed by atoms with Crippen LogP contribution < -0.4 is 20.1 Å². The molecule has 1 amide bonds. The van der Waals surface area contributed by atoms with E-state index in [0.717, 1.165) is 11.3 Å². The van der Waals surface area contributed by atoms with Gasteiger partial charge in [-0.25, -0.2) is 0 Å². The molecule has 0 unspecified atom stereocenters. The number of benzene rings is 2. The number of anilines is 2.